The minimum atomic E-state index is -0.551. The molecule has 0 saturated heterocycles. The van der Waals surface area contributed by atoms with Crippen LogP contribution in [-0.2, 0) is 14.3 Å². The maximum absolute atomic E-state index is 13.0. The van der Waals surface area contributed by atoms with Crippen LogP contribution in [-0.4, -0.2) is 25.0 Å². The summed E-state index contributed by atoms with van der Waals surface area (Å²) in [6.45, 7) is 4.03. The smallest absolute Gasteiger partial charge is 0.336 e. The molecule has 1 unspecified atom stereocenters. The summed E-state index contributed by atoms with van der Waals surface area (Å²) in [6, 6.07) is 13.0. The van der Waals surface area contributed by atoms with E-state index < -0.39 is 11.9 Å². The summed E-state index contributed by atoms with van der Waals surface area (Å²) >= 11 is 0. The Balaban J connectivity index is 1.54. The van der Waals surface area contributed by atoms with Gasteiger partial charge in [-0.25, -0.2) is 4.79 Å². The Morgan fingerprint density at radius 2 is 1.90 bits per heavy atom. The molecular weight excluding hydrogens is 382 g/mol. The highest BCUT2D eigenvalue weighted by atomic mass is 16.6. The van der Waals surface area contributed by atoms with Gasteiger partial charge in [0.2, 0.25) is 0 Å². The van der Waals surface area contributed by atoms with Crippen molar-refractivity contribution in [1.82, 2.24) is 5.32 Å². The molecular formula is C24H25NO5. The maximum Gasteiger partial charge on any atom is 0.336 e. The molecule has 6 heteroatoms. The third kappa shape index (κ3) is 4.03. The van der Waals surface area contributed by atoms with Crippen LogP contribution < -0.4 is 10.1 Å². The highest BCUT2D eigenvalue weighted by Gasteiger charge is 2.40. The van der Waals surface area contributed by atoms with E-state index in [1.807, 2.05) is 56.3 Å². The molecule has 156 valence electrons. The number of para-hydroxylation sites is 1. The van der Waals surface area contributed by atoms with E-state index in [0.717, 1.165) is 30.0 Å². The number of hydrogen-bond donors (Lipinski definition) is 1. The van der Waals surface area contributed by atoms with Crippen molar-refractivity contribution in [2.24, 2.45) is 0 Å². The van der Waals surface area contributed by atoms with Crippen molar-refractivity contribution in [2.45, 2.75) is 39.0 Å². The minimum absolute atomic E-state index is 0.0491. The molecule has 0 fully saturated rings. The molecule has 1 aliphatic heterocycles. The number of dihydropyridines is 1. The number of Topliss-reactive ketones (excluding diaryl/α,β-unsaturated/α-hetero) is 1. The van der Waals surface area contributed by atoms with E-state index in [9.17, 15) is 9.59 Å². The van der Waals surface area contributed by atoms with Gasteiger partial charge in [0, 0.05) is 23.4 Å². The zero-order valence-corrected chi connectivity index (χ0v) is 17.2. The molecule has 1 aliphatic carbocycles. The second-order valence-corrected chi connectivity index (χ2v) is 7.51. The molecule has 1 atom stereocenters. The number of esters is 1. The van der Waals surface area contributed by atoms with Crippen LogP contribution in [0.15, 0.2) is 69.4 Å². The zero-order chi connectivity index (χ0) is 21.1. The highest BCUT2D eigenvalue weighted by molar-refractivity contribution is 6.03. The van der Waals surface area contributed by atoms with Crippen molar-refractivity contribution in [3.8, 4) is 5.75 Å². The number of nitrogens with one attached hydrogen (secondary N) is 1. The predicted molar refractivity (Wildman–Crippen MR) is 111 cm³/mol. The van der Waals surface area contributed by atoms with Crippen LogP contribution in [0.5, 0.6) is 5.75 Å². The van der Waals surface area contributed by atoms with E-state index in [4.69, 9.17) is 13.9 Å². The van der Waals surface area contributed by atoms with Gasteiger partial charge >= 0.3 is 5.97 Å². The zero-order valence-electron chi connectivity index (χ0n) is 17.2. The first-order chi connectivity index (χ1) is 14.5. The quantitative estimate of drug-likeness (QED) is 0.572. The monoisotopic (exact) mass is 407 g/mol. The van der Waals surface area contributed by atoms with Gasteiger partial charge in [0.15, 0.2) is 5.78 Å². The lowest BCUT2D eigenvalue weighted by Gasteiger charge is -2.32. The highest BCUT2D eigenvalue weighted by Crippen LogP contribution is 2.42. The first kappa shape index (κ1) is 20.0. The molecule has 0 amide bonds. The third-order valence-corrected chi connectivity index (χ3v) is 5.37. The van der Waals surface area contributed by atoms with Crippen LogP contribution in [0.1, 0.15) is 43.6 Å². The Morgan fingerprint density at radius 1 is 1.10 bits per heavy atom. The largest absolute Gasteiger partial charge is 0.490 e. The molecule has 0 saturated carbocycles. The number of benzene rings is 1. The second-order valence-electron chi connectivity index (χ2n) is 7.51. The Kier molecular flexibility index (Phi) is 5.74. The average Bonchev–Trinajstić information content (AvgIpc) is 3.17. The normalized spacial score (nSPS) is 18.7. The molecule has 0 bridgehead atoms. The first-order valence-corrected chi connectivity index (χ1v) is 10.2. The van der Waals surface area contributed by atoms with Gasteiger partial charge in [0.25, 0.3) is 0 Å². The number of hydrogen-bond acceptors (Lipinski definition) is 6. The topological polar surface area (TPSA) is 77.8 Å². The number of rotatable bonds is 6. The Labute approximate surface area is 175 Å². The van der Waals surface area contributed by atoms with Gasteiger partial charge in [-0.2, -0.15) is 0 Å². The van der Waals surface area contributed by atoms with Gasteiger partial charge in [-0.15, -0.1) is 0 Å². The van der Waals surface area contributed by atoms with Gasteiger partial charge in [0.1, 0.15) is 30.5 Å². The van der Waals surface area contributed by atoms with Crippen molar-refractivity contribution in [3.63, 3.8) is 0 Å². The van der Waals surface area contributed by atoms with Crippen molar-refractivity contribution in [2.75, 3.05) is 13.2 Å². The van der Waals surface area contributed by atoms with Gasteiger partial charge < -0.3 is 19.2 Å². The molecule has 1 aromatic heterocycles. The lowest BCUT2D eigenvalue weighted by Crippen LogP contribution is -2.34. The summed E-state index contributed by atoms with van der Waals surface area (Å²) in [5, 5.41) is 3.27. The fourth-order valence-electron chi connectivity index (χ4n) is 4.04. The second kappa shape index (κ2) is 8.61. The Bertz CT molecular complexity index is 1020. The number of furan rings is 1. The third-order valence-electron chi connectivity index (χ3n) is 5.37. The summed E-state index contributed by atoms with van der Waals surface area (Å²) in [6.07, 6.45) is 2.06. The molecule has 2 heterocycles. The Morgan fingerprint density at radius 3 is 2.63 bits per heavy atom. The lowest BCUT2D eigenvalue weighted by atomic mass is 9.77. The van der Waals surface area contributed by atoms with Crippen LogP contribution in [0.2, 0.25) is 0 Å². The minimum Gasteiger partial charge on any atom is -0.490 e. The number of allylic oxidation sites excluding steroid dienone is 3. The number of ketones is 1. The molecule has 0 spiro atoms. The van der Waals surface area contributed by atoms with E-state index in [1.54, 1.807) is 0 Å². The van der Waals surface area contributed by atoms with Crippen LogP contribution >= 0.6 is 0 Å². The van der Waals surface area contributed by atoms with Crippen LogP contribution in [0.4, 0.5) is 0 Å². The summed E-state index contributed by atoms with van der Waals surface area (Å²) in [5.74, 6) is 1.06. The molecule has 2 aromatic rings. The summed E-state index contributed by atoms with van der Waals surface area (Å²) in [4.78, 5) is 25.8. The lowest BCUT2D eigenvalue weighted by molar-refractivity contribution is -0.140. The standard InChI is InChI=1S/C24H25NO5/c1-15-11-12-20(30-15)23-21(16(2)25-18-9-6-10-19(26)22(18)23)24(27)29-14-13-28-17-7-4-3-5-8-17/h3-5,7-8,11-12,23,25H,6,9-10,13-14H2,1-2H3. The molecule has 4 rings (SSSR count). The van der Waals surface area contributed by atoms with E-state index in [1.165, 1.54) is 0 Å². The number of ether oxygens (including phenoxy) is 2. The van der Waals surface area contributed by atoms with Gasteiger partial charge in [-0.05, 0) is 51.0 Å². The molecule has 1 N–H and O–H groups in total. The molecule has 6 nitrogen and oxygen atoms in total. The predicted octanol–water partition coefficient (Wildman–Crippen LogP) is 4.18. The van der Waals surface area contributed by atoms with Crippen molar-refractivity contribution >= 4 is 11.8 Å². The summed E-state index contributed by atoms with van der Waals surface area (Å²) < 4.78 is 17.0. The number of aryl methyl sites for hydroxylation is 1. The van der Waals surface area contributed by atoms with E-state index in [-0.39, 0.29) is 19.0 Å². The molecule has 0 radical (unpaired) electrons. The van der Waals surface area contributed by atoms with Crippen LogP contribution in [0, 0.1) is 6.92 Å². The van der Waals surface area contributed by atoms with Gasteiger partial charge in [0.05, 0.1) is 11.5 Å². The molecule has 30 heavy (non-hydrogen) atoms. The van der Waals surface area contributed by atoms with Crippen molar-refractivity contribution < 1.29 is 23.5 Å². The summed E-state index contributed by atoms with van der Waals surface area (Å²) in [7, 11) is 0. The number of carbonyl (C=O) groups is 2. The van der Waals surface area contributed by atoms with E-state index in [2.05, 4.69) is 5.32 Å². The summed E-state index contributed by atoms with van der Waals surface area (Å²) in [5.41, 5.74) is 2.61. The van der Waals surface area contributed by atoms with E-state index in [0.29, 0.717) is 29.0 Å². The SMILES string of the molecule is CC1=C(C(=O)OCCOc2ccccc2)C(c2ccc(C)o2)C2=C(CCCC2=O)N1. The van der Waals surface area contributed by atoms with Gasteiger partial charge in [-0.3, -0.25) is 4.79 Å². The van der Waals surface area contributed by atoms with E-state index >= 15 is 0 Å². The van der Waals surface area contributed by atoms with Crippen LogP contribution in [0.3, 0.4) is 0 Å². The fraction of sp³-hybridized carbons (Fsp3) is 0.333. The average molecular weight is 407 g/mol. The van der Waals surface area contributed by atoms with Crippen LogP contribution in [0.25, 0.3) is 0 Å². The first-order valence-electron chi connectivity index (χ1n) is 10.2. The van der Waals surface area contributed by atoms with Gasteiger partial charge in [-0.1, -0.05) is 18.2 Å². The van der Waals surface area contributed by atoms with Crippen molar-refractivity contribution in [3.05, 3.63) is 76.5 Å². The molecule has 1 aromatic carbocycles. The maximum atomic E-state index is 13.0. The number of carbonyl (C=O) groups excluding carboxylic acids is 2. The fourth-order valence-corrected chi connectivity index (χ4v) is 4.04. The molecule has 2 aliphatic rings. The van der Waals surface area contributed by atoms with Crippen molar-refractivity contribution in [1.29, 1.82) is 0 Å². The Hall–Kier alpha value is -3.28.